The van der Waals surface area contributed by atoms with Gasteiger partial charge in [0.2, 0.25) is 0 Å². The standard InChI is InChI=1S/C19H27N3O2/c1-4-22(5-2)12-8-9-14(3)21-19(24)18(23)16-13-20-17-11-7-6-10-15(16)17/h6-7,10-11,13-14,20H,4-5,8-9,12H2,1-3H3,(H,21,24). The maximum atomic E-state index is 12.4. The number of ketones is 1. The monoisotopic (exact) mass is 329 g/mol. The van der Waals surface area contributed by atoms with Crippen LogP contribution in [0.2, 0.25) is 0 Å². The van der Waals surface area contributed by atoms with E-state index < -0.39 is 11.7 Å². The fraction of sp³-hybridized carbons (Fsp3) is 0.474. The fourth-order valence-electron chi connectivity index (χ4n) is 2.90. The van der Waals surface area contributed by atoms with Crippen LogP contribution >= 0.6 is 0 Å². The average molecular weight is 329 g/mol. The lowest BCUT2D eigenvalue weighted by Crippen LogP contribution is -2.38. The molecule has 24 heavy (non-hydrogen) atoms. The number of Topliss-reactive ketones (excluding diaryl/α,β-unsaturated/α-hetero) is 1. The lowest BCUT2D eigenvalue weighted by molar-refractivity contribution is -0.117. The molecule has 1 amide bonds. The van der Waals surface area contributed by atoms with Gasteiger partial charge < -0.3 is 15.2 Å². The molecular weight excluding hydrogens is 302 g/mol. The lowest BCUT2D eigenvalue weighted by Gasteiger charge is -2.19. The van der Waals surface area contributed by atoms with Gasteiger partial charge in [0.15, 0.2) is 0 Å². The van der Waals surface area contributed by atoms with E-state index in [0.29, 0.717) is 5.56 Å². The second kappa shape index (κ2) is 8.64. The SMILES string of the molecule is CCN(CC)CCCC(C)NC(=O)C(=O)c1c[nH]c2ccccc12. The van der Waals surface area contributed by atoms with E-state index in [-0.39, 0.29) is 6.04 Å². The predicted molar refractivity (Wildman–Crippen MR) is 97.3 cm³/mol. The molecule has 0 bridgehead atoms. The summed E-state index contributed by atoms with van der Waals surface area (Å²) in [6, 6.07) is 7.48. The first-order chi connectivity index (χ1) is 11.6. The second-order valence-corrected chi connectivity index (χ2v) is 6.12. The van der Waals surface area contributed by atoms with Gasteiger partial charge in [-0.15, -0.1) is 0 Å². The van der Waals surface area contributed by atoms with Crippen molar-refractivity contribution in [2.45, 2.75) is 39.7 Å². The van der Waals surface area contributed by atoms with E-state index in [9.17, 15) is 9.59 Å². The highest BCUT2D eigenvalue weighted by Gasteiger charge is 2.21. The van der Waals surface area contributed by atoms with Crippen LogP contribution in [0.4, 0.5) is 0 Å². The van der Waals surface area contributed by atoms with Crippen molar-refractivity contribution < 1.29 is 9.59 Å². The van der Waals surface area contributed by atoms with Gasteiger partial charge in [-0.2, -0.15) is 0 Å². The van der Waals surface area contributed by atoms with Gasteiger partial charge in [0.05, 0.1) is 5.56 Å². The van der Waals surface area contributed by atoms with Crippen LogP contribution in [-0.4, -0.2) is 47.3 Å². The highest BCUT2D eigenvalue weighted by Crippen LogP contribution is 2.18. The number of nitrogens with one attached hydrogen (secondary N) is 2. The molecule has 5 heteroatoms. The number of fused-ring (bicyclic) bond motifs is 1. The molecule has 2 aromatic rings. The number of rotatable bonds is 9. The minimum absolute atomic E-state index is 0.0118. The molecular formula is C19H27N3O2. The summed E-state index contributed by atoms with van der Waals surface area (Å²) < 4.78 is 0. The van der Waals surface area contributed by atoms with Crippen molar-refractivity contribution in [1.82, 2.24) is 15.2 Å². The molecule has 1 aromatic heterocycles. The zero-order valence-corrected chi connectivity index (χ0v) is 14.8. The Morgan fingerprint density at radius 1 is 1.21 bits per heavy atom. The average Bonchev–Trinajstić information content (AvgIpc) is 3.02. The number of nitrogens with zero attached hydrogens (tertiary/aromatic N) is 1. The fourth-order valence-corrected chi connectivity index (χ4v) is 2.90. The zero-order valence-electron chi connectivity index (χ0n) is 14.8. The minimum atomic E-state index is -0.532. The number of carbonyl (C=O) groups is 2. The topological polar surface area (TPSA) is 65.2 Å². The third-order valence-electron chi connectivity index (χ3n) is 4.42. The van der Waals surface area contributed by atoms with Crippen molar-refractivity contribution in [3.8, 4) is 0 Å². The molecule has 0 spiro atoms. The molecule has 0 saturated carbocycles. The molecule has 0 fully saturated rings. The van der Waals surface area contributed by atoms with Gasteiger partial charge in [-0.05, 0) is 45.5 Å². The third-order valence-corrected chi connectivity index (χ3v) is 4.42. The van der Waals surface area contributed by atoms with Crippen LogP contribution in [0.25, 0.3) is 10.9 Å². The van der Waals surface area contributed by atoms with E-state index in [1.807, 2.05) is 31.2 Å². The smallest absolute Gasteiger partial charge is 0.292 e. The Morgan fingerprint density at radius 2 is 1.92 bits per heavy atom. The number of para-hydroxylation sites is 1. The Kier molecular flexibility index (Phi) is 6.55. The van der Waals surface area contributed by atoms with Crippen LogP contribution in [0, 0.1) is 0 Å². The molecule has 0 aliphatic rings. The number of hydrogen-bond acceptors (Lipinski definition) is 3. The summed E-state index contributed by atoms with van der Waals surface area (Å²) in [4.78, 5) is 30.0. The van der Waals surface area contributed by atoms with E-state index in [1.54, 1.807) is 6.20 Å². The first-order valence-corrected chi connectivity index (χ1v) is 8.70. The van der Waals surface area contributed by atoms with Gasteiger partial charge in [-0.3, -0.25) is 9.59 Å². The van der Waals surface area contributed by atoms with Crippen LogP contribution in [0.5, 0.6) is 0 Å². The van der Waals surface area contributed by atoms with Gasteiger partial charge >= 0.3 is 0 Å². The quantitative estimate of drug-likeness (QED) is 0.549. The number of hydrogen-bond donors (Lipinski definition) is 2. The Balaban J connectivity index is 1.88. The van der Waals surface area contributed by atoms with E-state index >= 15 is 0 Å². The molecule has 2 N–H and O–H groups in total. The molecule has 5 nitrogen and oxygen atoms in total. The molecule has 1 aromatic carbocycles. The lowest BCUT2D eigenvalue weighted by atomic mass is 10.1. The largest absolute Gasteiger partial charge is 0.360 e. The number of amides is 1. The molecule has 1 atom stereocenters. The Bertz CT molecular complexity index is 689. The van der Waals surface area contributed by atoms with Crippen molar-refractivity contribution in [2.75, 3.05) is 19.6 Å². The number of H-pyrrole nitrogens is 1. The zero-order chi connectivity index (χ0) is 17.5. The first kappa shape index (κ1) is 18.2. The number of benzene rings is 1. The highest BCUT2D eigenvalue weighted by molar-refractivity contribution is 6.45. The summed E-state index contributed by atoms with van der Waals surface area (Å²) in [6.45, 7) is 9.34. The van der Waals surface area contributed by atoms with Crippen molar-refractivity contribution in [3.63, 3.8) is 0 Å². The highest BCUT2D eigenvalue weighted by atomic mass is 16.2. The summed E-state index contributed by atoms with van der Waals surface area (Å²) in [5.41, 5.74) is 1.29. The van der Waals surface area contributed by atoms with E-state index in [2.05, 4.69) is 29.0 Å². The van der Waals surface area contributed by atoms with Gasteiger partial charge in [-0.1, -0.05) is 32.0 Å². The molecule has 2 rings (SSSR count). The van der Waals surface area contributed by atoms with Crippen LogP contribution < -0.4 is 5.32 Å². The summed E-state index contributed by atoms with van der Waals surface area (Å²) in [7, 11) is 0. The van der Waals surface area contributed by atoms with Crippen molar-refractivity contribution >= 4 is 22.6 Å². The Hall–Kier alpha value is -2.14. The second-order valence-electron chi connectivity index (χ2n) is 6.12. The molecule has 1 unspecified atom stereocenters. The van der Waals surface area contributed by atoms with Crippen LogP contribution in [-0.2, 0) is 4.79 Å². The predicted octanol–water partition coefficient (Wildman–Crippen LogP) is 2.98. The molecule has 0 aliphatic carbocycles. The van der Waals surface area contributed by atoms with E-state index in [4.69, 9.17) is 0 Å². The maximum absolute atomic E-state index is 12.4. The normalized spacial score (nSPS) is 12.5. The van der Waals surface area contributed by atoms with Gasteiger partial charge in [0.25, 0.3) is 11.7 Å². The molecule has 0 saturated heterocycles. The van der Waals surface area contributed by atoms with Crippen molar-refractivity contribution in [2.24, 2.45) is 0 Å². The van der Waals surface area contributed by atoms with E-state index in [1.165, 1.54) is 0 Å². The van der Waals surface area contributed by atoms with E-state index in [0.717, 1.165) is 43.4 Å². The van der Waals surface area contributed by atoms with Gasteiger partial charge in [-0.25, -0.2) is 0 Å². The van der Waals surface area contributed by atoms with Crippen LogP contribution in [0.3, 0.4) is 0 Å². The van der Waals surface area contributed by atoms with Crippen LogP contribution in [0.1, 0.15) is 44.0 Å². The summed E-state index contributed by atoms with van der Waals surface area (Å²) in [5, 5.41) is 3.61. The van der Waals surface area contributed by atoms with Gasteiger partial charge in [0.1, 0.15) is 0 Å². The summed E-state index contributed by atoms with van der Waals surface area (Å²) >= 11 is 0. The van der Waals surface area contributed by atoms with Crippen molar-refractivity contribution in [1.29, 1.82) is 0 Å². The minimum Gasteiger partial charge on any atom is -0.360 e. The molecule has 0 aliphatic heterocycles. The van der Waals surface area contributed by atoms with Gasteiger partial charge in [0, 0.05) is 23.1 Å². The number of aromatic amines is 1. The molecule has 0 radical (unpaired) electrons. The molecule has 130 valence electrons. The summed E-state index contributed by atoms with van der Waals surface area (Å²) in [5.74, 6) is -1.02. The Morgan fingerprint density at radius 3 is 2.62 bits per heavy atom. The molecule has 1 heterocycles. The first-order valence-electron chi connectivity index (χ1n) is 8.70. The number of aromatic nitrogens is 1. The summed E-state index contributed by atoms with van der Waals surface area (Å²) in [6.07, 6.45) is 3.48. The Labute approximate surface area is 143 Å². The van der Waals surface area contributed by atoms with Crippen LogP contribution in [0.15, 0.2) is 30.5 Å². The maximum Gasteiger partial charge on any atom is 0.292 e. The number of carbonyl (C=O) groups excluding carboxylic acids is 2. The van der Waals surface area contributed by atoms with Crippen molar-refractivity contribution in [3.05, 3.63) is 36.0 Å². The third kappa shape index (κ3) is 4.45.